The van der Waals surface area contributed by atoms with E-state index in [0.29, 0.717) is 6.04 Å². The van der Waals surface area contributed by atoms with E-state index in [9.17, 15) is 0 Å². The molecule has 1 aliphatic heterocycles. The Morgan fingerprint density at radius 2 is 2.00 bits per heavy atom. The molecule has 0 radical (unpaired) electrons. The Balaban J connectivity index is 1.96. The lowest BCUT2D eigenvalue weighted by molar-refractivity contribution is 0.228. The number of methoxy groups -OCH3 is 1. The van der Waals surface area contributed by atoms with Crippen molar-refractivity contribution in [3.8, 4) is 16.9 Å². The summed E-state index contributed by atoms with van der Waals surface area (Å²) in [6.07, 6.45) is 2.26. The van der Waals surface area contributed by atoms with Gasteiger partial charge in [-0.3, -0.25) is 4.90 Å². The molecule has 0 unspecified atom stereocenters. The van der Waals surface area contributed by atoms with Crippen LogP contribution in [-0.4, -0.2) is 25.6 Å². The van der Waals surface area contributed by atoms with Gasteiger partial charge < -0.3 is 4.74 Å². The molecule has 0 spiro atoms. The standard InChI is InChI=1S/C18H19NO/c1-19-9-8-12-4-3-5-16-15-7-6-14(20-2)10-13(15)11-17(19)18(12)16/h3-7,10,17H,8-9,11H2,1-2H3/t17-/m1/s1. The van der Waals surface area contributed by atoms with Gasteiger partial charge in [0, 0.05) is 12.6 Å². The highest BCUT2D eigenvalue weighted by atomic mass is 16.5. The fourth-order valence-corrected chi connectivity index (χ4v) is 3.73. The predicted molar refractivity (Wildman–Crippen MR) is 81.2 cm³/mol. The Bertz CT molecular complexity index is 677. The molecule has 0 saturated carbocycles. The largest absolute Gasteiger partial charge is 0.497 e. The number of benzene rings is 2. The van der Waals surface area contributed by atoms with Crippen molar-refractivity contribution in [1.29, 1.82) is 0 Å². The second-order valence-electron chi connectivity index (χ2n) is 5.85. The van der Waals surface area contributed by atoms with Crippen molar-refractivity contribution < 1.29 is 4.74 Å². The lowest BCUT2D eigenvalue weighted by Gasteiger charge is -2.39. The summed E-state index contributed by atoms with van der Waals surface area (Å²) in [6, 6.07) is 13.8. The summed E-state index contributed by atoms with van der Waals surface area (Å²) < 4.78 is 5.39. The maximum atomic E-state index is 5.39. The zero-order valence-electron chi connectivity index (χ0n) is 12.0. The summed E-state index contributed by atoms with van der Waals surface area (Å²) in [7, 11) is 3.99. The van der Waals surface area contributed by atoms with Gasteiger partial charge in [0.1, 0.15) is 5.75 Å². The van der Waals surface area contributed by atoms with Crippen LogP contribution in [0.25, 0.3) is 11.1 Å². The first kappa shape index (κ1) is 12.0. The van der Waals surface area contributed by atoms with Crippen LogP contribution in [-0.2, 0) is 12.8 Å². The van der Waals surface area contributed by atoms with Gasteiger partial charge >= 0.3 is 0 Å². The maximum Gasteiger partial charge on any atom is 0.119 e. The Labute approximate surface area is 120 Å². The van der Waals surface area contributed by atoms with Crippen molar-refractivity contribution in [3.05, 3.63) is 53.1 Å². The average Bonchev–Trinajstić information content (AvgIpc) is 2.50. The van der Waals surface area contributed by atoms with Crippen molar-refractivity contribution >= 4 is 0 Å². The highest BCUT2D eigenvalue weighted by Gasteiger charge is 2.32. The first-order chi connectivity index (χ1) is 9.78. The SMILES string of the molecule is COc1ccc2c(c1)C[C@@H]1c3c(cccc3-2)CCN1C. The van der Waals surface area contributed by atoms with Gasteiger partial charge in [0.05, 0.1) is 7.11 Å². The van der Waals surface area contributed by atoms with Crippen LogP contribution < -0.4 is 4.74 Å². The molecule has 0 saturated heterocycles. The van der Waals surface area contributed by atoms with Crippen LogP contribution in [0, 0.1) is 0 Å². The first-order valence-corrected chi connectivity index (χ1v) is 7.27. The molecule has 2 nitrogen and oxygen atoms in total. The third kappa shape index (κ3) is 1.61. The zero-order valence-corrected chi connectivity index (χ0v) is 12.0. The molecule has 1 atom stereocenters. The second kappa shape index (κ2) is 4.35. The van der Waals surface area contributed by atoms with E-state index >= 15 is 0 Å². The van der Waals surface area contributed by atoms with Crippen molar-refractivity contribution in [1.82, 2.24) is 4.90 Å². The van der Waals surface area contributed by atoms with Gasteiger partial charge in [-0.1, -0.05) is 24.3 Å². The summed E-state index contributed by atoms with van der Waals surface area (Å²) in [5.74, 6) is 0.960. The van der Waals surface area contributed by atoms with E-state index in [1.807, 2.05) is 0 Å². The summed E-state index contributed by atoms with van der Waals surface area (Å²) in [5, 5.41) is 0. The fourth-order valence-electron chi connectivity index (χ4n) is 3.73. The maximum absolute atomic E-state index is 5.39. The summed E-state index contributed by atoms with van der Waals surface area (Å²) >= 11 is 0. The van der Waals surface area contributed by atoms with Gasteiger partial charge in [0.2, 0.25) is 0 Å². The molecule has 0 fully saturated rings. The quantitative estimate of drug-likeness (QED) is 0.783. The molecule has 4 rings (SSSR count). The van der Waals surface area contributed by atoms with Crippen LogP contribution in [0.15, 0.2) is 36.4 Å². The third-order valence-electron chi connectivity index (χ3n) is 4.81. The molecule has 20 heavy (non-hydrogen) atoms. The molecule has 2 aromatic carbocycles. The van der Waals surface area contributed by atoms with E-state index < -0.39 is 0 Å². The smallest absolute Gasteiger partial charge is 0.119 e. The van der Waals surface area contributed by atoms with Gasteiger partial charge in [0.25, 0.3) is 0 Å². The molecular weight excluding hydrogens is 246 g/mol. The fraction of sp³-hybridized carbons (Fsp3) is 0.333. The van der Waals surface area contributed by atoms with E-state index in [1.54, 1.807) is 12.7 Å². The van der Waals surface area contributed by atoms with E-state index in [1.165, 1.54) is 28.7 Å². The van der Waals surface area contributed by atoms with Gasteiger partial charge in [-0.15, -0.1) is 0 Å². The first-order valence-electron chi connectivity index (χ1n) is 7.27. The second-order valence-corrected chi connectivity index (χ2v) is 5.85. The number of ether oxygens (including phenoxy) is 1. The van der Waals surface area contributed by atoms with Crippen molar-refractivity contribution in [2.45, 2.75) is 18.9 Å². The number of nitrogens with zero attached hydrogens (tertiary/aromatic N) is 1. The summed E-state index contributed by atoms with van der Waals surface area (Å²) in [4.78, 5) is 2.49. The van der Waals surface area contributed by atoms with Crippen LogP contribution in [0.2, 0.25) is 0 Å². The van der Waals surface area contributed by atoms with Crippen LogP contribution in [0.5, 0.6) is 5.75 Å². The van der Waals surface area contributed by atoms with E-state index in [-0.39, 0.29) is 0 Å². The lowest BCUT2D eigenvalue weighted by Crippen LogP contribution is -2.35. The van der Waals surface area contributed by atoms with Crippen molar-refractivity contribution in [3.63, 3.8) is 0 Å². The normalized spacial score (nSPS) is 20.2. The average molecular weight is 265 g/mol. The minimum Gasteiger partial charge on any atom is -0.497 e. The number of rotatable bonds is 1. The Morgan fingerprint density at radius 1 is 1.10 bits per heavy atom. The van der Waals surface area contributed by atoms with Crippen LogP contribution in [0.3, 0.4) is 0 Å². The van der Waals surface area contributed by atoms with E-state index in [2.05, 4.69) is 48.3 Å². The van der Waals surface area contributed by atoms with E-state index in [4.69, 9.17) is 4.74 Å². The molecule has 2 heteroatoms. The van der Waals surface area contributed by atoms with Crippen molar-refractivity contribution in [2.75, 3.05) is 20.7 Å². The molecule has 1 aliphatic carbocycles. The monoisotopic (exact) mass is 265 g/mol. The van der Waals surface area contributed by atoms with Crippen molar-refractivity contribution in [2.24, 2.45) is 0 Å². The molecule has 0 N–H and O–H groups in total. The number of fused-ring (bicyclic) bond motifs is 2. The molecule has 102 valence electrons. The van der Waals surface area contributed by atoms with Crippen LogP contribution in [0.4, 0.5) is 0 Å². The lowest BCUT2D eigenvalue weighted by atomic mass is 9.77. The van der Waals surface area contributed by atoms with Gasteiger partial charge in [-0.05, 0) is 59.8 Å². The molecule has 2 aliphatic rings. The molecule has 0 aromatic heterocycles. The summed E-state index contributed by atoms with van der Waals surface area (Å²) in [6.45, 7) is 1.15. The molecular formula is C18H19NO. The topological polar surface area (TPSA) is 12.5 Å². The molecule has 1 heterocycles. The van der Waals surface area contributed by atoms with Crippen LogP contribution in [0.1, 0.15) is 22.7 Å². The highest BCUT2D eigenvalue weighted by molar-refractivity contribution is 5.76. The molecule has 0 amide bonds. The minimum atomic E-state index is 0.523. The zero-order chi connectivity index (χ0) is 13.7. The number of likely N-dealkylation sites (N-methyl/N-ethyl adjacent to an activating group) is 1. The number of hydrogen-bond acceptors (Lipinski definition) is 2. The van der Waals surface area contributed by atoms with Gasteiger partial charge in [-0.2, -0.15) is 0 Å². The Morgan fingerprint density at radius 3 is 2.85 bits per heavy atom. The third-order valence-corrected chi connectivity index (χ3v) is 4.81. The Hall–Kier alpha value is -1.80. The number of hydrogen-bond donors (Lipinski definition) is 0. The molecule has 2 aromatic rings. The Kier molecular flexibility index (Phi) is 2.61. The molecule has 0 bridgehead atoms. The van der Waals surface area contributed by atoms with Gasteiger partial charge in [0.15, 0.2) is 0 Å². The van der Waals surface area contributed by atoms with Crippen LogP contribution >= 0.6 is 0 Å². The predicted octanol–water partition coefficient (Wildman–Crippen LogP) is 3.45. The highest BCUT2D eigenvalue weighted by Crippen LogP contribution is 2.45. The summed E-state index contributed by atoms with van der Waals surface area (Å²) in [5.41, 5.74) is 7.30. The van der Waals surface area contributed by atoms with E-state index in [0.717, 1.165) is 18.7 Å². The minimum absolute atomic E-state index is 0.523. The van der Waals surface area contributed by atoms with Gasteiger partial charge in [-0.25, -0.2) is 0 Å².